The molecule has 0 aliphatic rings. The van der Waals surface area contributed by atoms with Crippen LogP contribution in [0.1, 0.15) is 12.5 Å². The second-order valence-electron chi connectivity index (χ2n) is 3.50. The van der Waals surface area contributed by atoms with Crippen molar-refractivity contribution in [2.45, 2.75) is 6.92 Å². The minimum absolute atomic E-state index is 0.233. The first-order valence-electron chi connectivity index (χ1n) is 5.16. The lowest BCUT2D eigenvalue weighted by atomic mass is 10.1. The Morgan fingerprint density at radius 2 is 2.00 bits per heavy atom. The van der Waals surface area contributed by atoms with Gasteiger partial charge in [0.25, 0.3) is 5.09 Å². The lowest BCUT2D eigenvalue weighted by Gasteiger charge is -2.03. The smallest absolute Gasteiger partial charge is 0.294 e. The van der Waals surface area contributed by atoms with Crippen LogP contribution in [0.25, 0.3) is 6.08 Å². The van der Waals surface area contributed by atoms with Gasteiger partial charge in [-0.3, -0.25) is 4.79 Å². The molecule has 0 bridgehead atoms. The zero-order valence-corrected chi connectivity index (χ0v) is 10.1. The molecule has 0 aliphatic carbocycles. The Kier molecular flexibility index (Phi) is 4.86. The highest BCUT2D eigenvalue weighted by Crippen LogP contribution is 2.14. The summed E-state index contributed by atoms with van der Waals surface area (Å²) in [5, 5.41) is 9.16. The molecular weight excluding hydrogens is 238 g/mol. The third-order valence-electron chi connectivity index (χ3n) is 2.23. The summed E-state index contributed by atoms with van der Waals surface area (Å²) in [6.45, 7) is 0.979. The summed E-state index contributed by atoms with van der Waals surface area (Å²) in [5.41, 5.74) is 0.977. The van der Waals surface area contributed by atoms with Gasteiger partial charge in [-0.1, -0.05) is 12.1 Å². The molecule has 0 unspecified atom stereocenters. The fraction of sp³-hybridized carbons (Fsp3) is 0.250. The van der Waals surface area contributed by atoms with E-state index in [0.717, 1.165) is 5.56 Å². The number of hydrogen-bond acceptors (Lipinski definition) is 5. The normalized spacial score (nSPS) is 10.9. The first kappa shape index (κ1) is 13.7. The van der Waals surface area contributed by atoms with E-state index >= 15 is 0 Å². The SMILES string of the molecule is COc1ccc(/C=C(\CO[N+](=O)[O-])C(C)=O)cc1. The zero-order valence-electron chi connectivity index (χ0n) is 10.1. The van der Waals surface area contributed by atoms with E-state index in [1.165, 1.54) is 6.92 Å². The summed E-state index contributed by atoms with van der Waals surface area (Å²) < 4.78 is 5.00. The molecule has 0 fully saturated rings. The third-order valence-corrected chi connectivity index (χ3v) is 2.23. The summed E-state index contributed by atoms with van der Waals surface area (Å²) in [6, 6.07) is 6.96. The fourth-order valence-corrected chi connectivity index (χ4v) is 1.27. The molecule has 6 heteroatoms. The average Bonchev–Trinajstić information content (AvgIpc) is 2.34. The lowest BCUT2D eigenvalue weighted by molar-refractivity contribution is -0.755. The van der Waals surface area contributed by atoms with E-state index in [9.17, 15) is 14.9 Å². The van der Waals surface area contributed by atoms with Gasteiger partial charge in [0.15, 0.2) is 5.78 Å². The average molecular weight is 251 g/mol. The molecule has 1 rings (SSSR count). The minimum Gasteiger partial charge on any atom is -0.497 e. The summed E-state index contributed by atoms with van der Waals surface area (Å²) in [6.07, 6.45) is 1.55. The standard InChI is InChI=1S/C12H13NO5/c1-9(14)11(8-18-13(15)16)7-10-3-5-12(17-2)6-4-10/h3-7H,8H2,1-2H3/b11-7+. The summed E-state index contributed by atoms with van der Waals surface area (Å²) >= 11 is 0. The van der Waals surface area contributed by atoms with Crippen molar-refractivity contribution in [2.24, 2.45) is 0 Å². The topological polar surface area (TPSA) is 78.7 Å². The van der Waals surface area contributed by atoms with Gasteiger partial charge < -0.3 is 9.57 Å². The number of carbonyl (C=O) groups is 1. The highest BCUT2D eigenvalue weighted by molar-refractivity contribution is 5.98. The maximum absolute atomic E-state index is 11.3. The van der Waals surface area contributed by atoms with E-state index in [4.69, 9.17) is 4.74 Å². The number of ether oxygens (including phenoxy) is 1. The molecule has 0 N–H and O–H groups in total. The van der Waals surface area contributed by atoms with Gasteiger partial charge in [0.2, 0.25) is 0 Å². The molecule has 0 aromatic heterocycles. The van der Waals surface area contributed by atoms with Gasteiger partial charge in [0.1, 0.15) is 12.4 Å². The predicted octanol–water partition coefficient (Wildman–Crippen LogP) is 1.88. The van der Waals surface area contributed by atoms with E-state index in [-0.39, 0.29) is 18.0 Å². The monoisotopic (exact) mass is 251 g/mol. The largest absolute Gasteiger partial charge is 0.497 e. The molecule has 1 aromatic rings. The van der Waals surface area contributed by atoms with Gasteiger partial charge in [-0.2, -0.15) is 0 Å². The highest BCUT2D eigenvalue weighted by atomic mass is 16.9. The fourth-order valence-electron chi connectivity index (χ4n) is 1.27. The molecule has 18 heavy (non-hydrogen) atoms. The number of ketones is 1. The van der Waals surface area contributed by atoms with E-state index in [1.807, 2.05) is 0 Å². The Balaban J connectivity index is 2.86. The number of methoxy groups -OCH3 is 1. The van der Waals surface area contributed by atoms with E-state index in [0.29, 0.717) is 5.75 Å². The van der Waals surface area contributed by atoms with Gasteiger partial charge in [0.05, 0.1) is 7.11 Å². The molecule has 1 aromatic carbocycles. The number of benzene rings is 1. The van der Waals surface area contributed by atoms with Gasteiger partial charge in [-0.25, -0.2) is 0 Å². The van der Waals surface area contributed by atoms with E-state index in [2.05, 4.69) is 4.84 Å². The van der Waals surface area contributed by atoms with Crippen LogP contribution < -0.4 is 4.74 Å². The van der Waals surface area contributed by atoms with Crippen molar-refractivity contribution in [1.29, 1.82) is 0 Å². The van der Waals surface area contributed by atoms with Gasteiger partial charge in [-0.15, -0.1) is 10.1 Å². The molecule has 6 nitrogen and oxygen atoms in total. The third kappa shape index (κ3) is 4.25. The van der Waals surface area contributed by atoms with Crippen LogP contribution in [-0.2, 0) is 9.63 Å². The highest BCUT2D eigenvalue weighted by Gasteiger charge is 2.07. The number of rotatable bonds is 6. The quantitative estimate of drug-likeness (QED) is 0.438. The zero-order chi connectivity index (χ0) is 13.5. The number of carbonyl (C=O) groups excluding carboxylic acids is 1. The maximum Gasteiger partial charge on any atom is 0.294 e. The van der Waals surface area contributed by atoms with Gasteiger partial charge >= 0.3 is 0 Å². The van der Waals surface area contributed by atoms with Gasteiger partial charge in [-0.05, 0) is 30.7 Å². The molecule has 0 radical (unpaired) electrons. The van der Waals surface area contributed by atoms with Crippen LogP contribution in [0.4, 0.5) is 0 Å². The molecule has 0 heterocycles. The second-order valence-corrected chi connectivity index (χ2v) is 3.50. The minimum atomic E-state index is -0.926. The van der Waals surface area contributed by atoms with Crippen LogP contribution >= 0.6 is 0 Å². The Morgan fingerprint density at radius 1 is 1.39 bits per heavy atom. The van der Waals surface area contributed by atoms with E-state index in [1.54, 1.807) is 37.5 Å². The molecule has 0 atom stereocenters. The Labute approximate surface area is 104 Å². The summed E-state index contributed by atoms with van der Waals surface area (Å²) in [7, 11) is 1.55. The van der Waals surface area contributed by atoms with Crippen LogP contribution in [0.2, 0.25) is 0 Å². The van der Waals surface area contributed by atoms with Crippen molar-refractivity contribution < 1.29 is 19.5 Å². The van der Waals surface area contributed by atoms with E-state index < -0.39 is 5.09 Å². The number of nitrogens with zero attached hydrogens (tertiary/aromatic N) is 1. The molecule has 0 spiro atoms. The number of Topliss-reactive ketones (excluding diaryl/α,β-unsaturated/α-hetero) is 1. The van der Waals surface area contributed by atoms with Gasteiger partial charge in [0, 0.05) is 5.57 Å². The molecule has 0 amide bonds. The molecule has 0 aliphatic heterocycles. The van der Waals surface area contributed by atoms with Crippen molar-refractivity contribution in [1.82, 2.24) is 0 Å². The Hall–Kier alpha value is -2.37. The lowest BCUT2D eigenvalue weighted by Crippen LogP contribution is -2.09. The Bertz CT molecular complexity index is 464. The van der Waals surface area contributed by atoms with Crippen LogP contribution in [-0.4, -0.2) is 24.6 Å². The van der Waals surface area contributed by atoms with Crippen molar-refractivity contribution in [2.75, 3.05) is 13.7 Å². The van der Waals surface area contributed by atoms with Crippen LogP contribution in [0.3, 0.4) is 0 Å². The van der Waals surface area contributed by atoms with Crippen molar-refractivity contribution >= 4 is 11.9 Å². The first-order chi connectivity index (χ1) is 8.52. The van der Waals surface area contributed by atoms with Crippen molar-refractivity contribution in [3.05, 3.63) is 45.5 Å². The molecular formula is C12H13NO5. The molecule has 96 valence electrons. The number of hydrogen-bond donors (Lipinski definition) is 0. The van der Waals surface area contributed by atoms with Crippen molar-refractivity contribution in [3.63, 3.8) is 0 Å². The summed E-state index contributed by atoms with van der Waals surface area (Å²) in [5.74, 6) is 0.422. The Morgan fingerprint density at radius 3 is 2.44 bits per heavy atom. The molecule has 0 saturated heterocycles. The van der Waals surface area contributed by atoms with Crippen molar-refractivity contribution in [3.8, 4) is 5.75 Å². The first-order valence-corrected chi connectivity index (χ1v) is 5.16. The van der Waals surface area contributed by atoms with Crippen LogP contribution in [0, 0.1) is 10.1 Å². The van der Waals surface area contributed by atoms with Crippen LogP contribution in [0.15, 0.2) is 29.8 Å². The predicted molar refractivity (Wildman–Crippen MR) is 64.6 cm³/mol. The molecule has 0 saturated carbocycles. The second kappa shape index (κ2) is 6.39. The maximum atomic E-state index is 11.3. The summed E-state index contributed by atoms with van der Waals surface area (Å²) in [4.78, 5) is 25.6. The van der Waals surface area contributed by atoms with Crippen LogP contribution in [0.5, 0.6) is 5.75 Å².